The van der Waals surface area contributed by atoms with Crippen LogP contribution >= 0.6 is 0 Å². The predicted octanol–water partition coefficient (Wildman–Crippen LogP) is 0.898. The number of aliphatic hydroxyl groups is 1. The van der Waals surface area contributed by atoms with Crippen LogP contribution in [-0.4, -0.2) is 40.0 Å². The van der Waals surface area contributed by atoms with Gasteiger partial charge in [-0.2, -0.15) is 5.10 Å². The number of aryl methyl sites for hydroxylation is 2. The van der Waals surface area contributed by atoms with Crippen molar-refractivity contribution >= 4 is 5.91 Å². The van der Waals surface area contributed by atoms with E-state index in [0.29, 0.717) is 11.3 Å². The van der Waals surface area contributed by atoms with Crippen molar-refractivity contribution < 1.29 is 14.6 Å². The molecule has 112 valence electrons. The number of amides is 1. The zero-order valence-corrected chi connectivity index (χ0v) is 12.1. The number of hydrogen-bond donors (Lipinski definition) is 2. The summed E-state index contributed by atoms with van der Waals surface area (Å²) in [4.78, 5) is 11.8. The third kappa shape index (κ3) is 4.61. The van der Waals surface area contributed by atoms with Crippen molar-refractivity contribution in [1.82, 2.24) is 15.1 Å². The molecule has 2 rings (SSSR count). The number of carbonyl (C=O) groups excluding carboxylic acids is 1. The minimum atomic E-state index is -0.772. The van der Waals surface area contributed by atoms with Gasteiger partial charge in [0.25, 0.3) is 5.91 Å². The highest BCUT2D eigenvalue weighted by molar-refractivity contribution is 5.93. The molecule has 1 atom stereocenters. The number of hydrogen-bond acceptors (Lipinski definition) is 4. The molecule has 1 aromatic carbocycles. The molecule has 6 heteroatoms. The maximum absolute atomic E-state index is 11.8. The van der Waals surface area contributed by atoms with Crippen LogP contribution in [0, 0.1) is 6.92 Å². The second-order valence-corrected chi connectivity index (χ2v) is 4.89. The lowest BCUT2D eigenvalue weighted by atomic mass is 10.2. The van der Waals surface area contributed by atoms with E-state index in [1.807, 2.05) is 31.2 Å². The van der Waals surface area contributed by atoms with Gasteiger partial charge in [0, 0.05) is 19.8 Å². The Labute approximate surface area is 123 Å². The second-order valence-electron chi connectivity index (χ2n) is 4.89. The molecule has 21 heavy (non-hydrogen) atoms. The van der Waals surface area contributed by atoms with Crippen LogP contribution in [0.15, 0.2) is 36.7 Å². The smallest absolute Gasteiger partial charge is 0.254 e. The Balaban J connectivity index is 1.74. The quantitative estimate of drug-likeness (QED) is 0.828. The number of rotatable bonds is 6. The second kappa shape index (κ2) is 6.90. The number of carbonyl (C=O) groups is 1. The summed E-state index contributed by atoms with van der Waals surface area (Å²) in [6.07, 6.45) is 2.32. The van der Waals surface area contributed by atoms with Crippen molar-refractivity contribution in [2.45, 2.75) is 13.0 Å². The molecular formula is C15H19N3O3. The lowest BCUT2D eigenvalue weighted by Gasteiger charge is -2.13. The Kier molecular flexibility index (Phi) is 4.94. The van der Waals surface area contributed by atoms with Crippen LogP contribution in [0.4, 0.5) is 0 Å². The topological polar surface area (TPSA) is 76.4 Å². The molecule has 0 aliphatic rings. The van der Waals surface area contributed by atoms with Gasteiger partial charge in [-0.05, 0) is 24.6 Å². The summed E-state index contributed by atoms with van der Waals surface area (Å²) in [6.45, 7) is 2.22. The Morgan fingerprint density at radius 3 is 3.00 bits per heavy atom. The fourth-order valence-electron chi connectivity index (χ4n) is 1.81. The Bertz CT molecular complexity index is 610. The summed E-state index contributed by atoms with van der Waals surface area (Å²) < 4.78 is 7.02. The van der Waals surface area contributed by atoms with Crippen LogP contribution < -0.4 is 10.1 Å². The summed E-state index contributed by atoms with van der Waals surface area (Å²) in [5.74, 6) is 0.436. The van der Waals surface area contributed by atoms with Crippen LogP contribution in [0.5, 0.6) is 5.75 Å². The standard InChI is InChI=1S/C15H19N3O3/c1-11-4-3-5-14(6-11)21-10-13(19)8-16-15(20)12-7-17-18(2)9-12/h3-7,9,13,19H,8,10H2,1-2H3,(H,16,20). The molecule has 0 spiro atoms. The number of aliphatic hydroxyl groups excluding tert-OH is 1. The zero-order valence-electron chi connectivity index (χ0n) is 12.1. The predicted molar refractivity (Wildman–Crippen MR) is 78.2 cm³/mol. The first-order valence-corrected chi connectivity index (χ1v) is 6.69. The van der Waals surface area contributed by atoms with Gasteiger partial charge in [-0.1, -0.05) is 12.1 Å². The average molecular weight is 289 g/mol. The number of nitrogens with one attached hydrogen (secondary N) is 1. The highest BCUT2D eigenvalue weighted by atomic mass is 16.5. The minimum Gasteiger partial charge on any atom is -0.491 e. The van der Waals surface area contributed by atoms with E-state index < -0.39 is 6.10 Å². The lowest BCUT2D eigenvalue weighted by Crippen LogP contribution is -2.35. The minimum absolute atomic E-state index is 0.122. The first kappa shape index (κ1) is 15.1. The molecule has 1 amide bonds. The van der Waals surface area contributed by atoms with Gasteiger partial charge in [0.1, 0.15) is 18.5 Å². The molecule has 0 aliphatic heterocycles. The van der Waals surface area contributed by atoms with E-state index >= 15 is 0 Å². The van der Waals surface area contributed by atoms with Crippen molar-refractivity contribution in [3.63, 3.8) is 0 Å². The number of aromatic nitrogens is 2. The van der Waals surface area contributed by atoms with Crippen molar-refractivity contribution in [1.29, 1.82) is 0 Å². The maximum Gasteiger partial charge on any atom is 0.254 e. The van der Waals surface area contributed by atoms with E-state index in [1.54, 1.807) is 17.9 Å². The molecule has 0 bridgehead atoms. The number of benzene rings is 1. The van der Waals surface area contributed by atoms with Gasteiger partial charge in [-0.3, -0.25) is 9.48 Å². The molecule has 0 aliphatic carbocycles. The Morgan fingerprint density at radius 1 is 1.52 bits per heavy atom. The van der Waals surface area contributed by atoms with Gasteiger partial charge in [0.05, 0.1) is 11.8 Å². The van der Waals surface area contributed by atoms with Crippen molar-refractivity contribution in [3.8, 4) is 5.75 Å². The van der Waals surface area contributed by atoms with Crippen LogP contribution in [0.1, 0.15) is 15.9 Å². The Morgan fingerprint density at radius 2 is 2.33 bits per heavy atom. The highest BCUT2D eigenvalue weighted by Crippen LogP contribution is 2.12. The van der Waals surface area contributed by atoms with Crippen LogP contribution in [0.25, 0.3) is 0 Å². The van der Waals surface area contributed by atoms with E-state index in [9.17, 15) is 9.90 Å². The van der Waals surface area contributed by atoms with E-state index in [1.165, 1.54) is 6.20 Å². The largest absolute Gasteiger partial charge is 0.491 e. The van der Waals surface area contributed by atoms with Crippen LogP contribution in [0.2, 0.25) is 0 Å². The van der Waals surface area contributed by atoms with Crippen LogP contribution in [0.3, 0.4) is 0 Å². The first-order valence-electron chi connectivity index (χ1n) is 6.69. The third-order valence-electron chi connectivity index (χ3n) is 2.90. The summed E-state index contributed by atoms with van der Waals surface area (Å²) in [5, 5.41) is 16.4. The van der Waals surface area contributed by atoms with Gasteiger partial charge >= 0.3 is 0 Å². The van der Waals surface area contributed by atoms with E-state index in [-0.39, 0.29) is 19.1 Å². The molecule has 1 heterocycles. The van der Waals surface area contributed by atoms with Gasteiger partial charge < -0.3 is 15.2 Å². The van der Waals surface area contributed by atoms with E-state index in [4.69, 9.17) is 4.74 Å². The lowest BCUT2D eigenvalue weighted by molar-refractivity contribution is 0.0843. The SMILES string of the molecule is Cc1cccc(OCC(O)CNC(=O)c2cnn(C)c2)c1. The van der Waals surface area contributed by atoms with Gasteiger partial charge in [-0.25, -0.2) is 0 Å². The van der Waals surface area contributed by atoms with Crippen molar-refractivity contribution in [2.24, 2.45) is 7.05 Å². The molecule has 6 nitrogen and oxygen atoms in total. The summed E-state index contributed by atoms with van der Waals surface area (Å²) in [7, 11) is 1.74. The molecular weight excluding hydrogens is 270 g/mol. The fraction of sp³-hybridized carbons (Fsp3) is 0.333. The summed E-state index contributed by atoms with van der Waals surface area (Å²) in [5.41, 5.74) is 1.55. The van der Waals surface area contributed by atoms with Gasteiger partial charge in [-0.15, -0.1) is 0 Å². The molecule has 0 saturated carbocycles. The van der Waals surface area contributed by atoms with E-state index in [0.717, 1.165) is 5.56 Å². The molecule has 2 aromatic rings. The molecule has 0 saturated heterocycles. The third-order valence-corrected chi connectivity index (χ3v) is 2.90. The first-order chi connectivity index (χ1) is 10.0. The molecule has 1 unspecified atom stereocenters. The molecule has 0 fully saturated rings. The maximum atomic E-state index is 11.8. The normalized spacial score (nSPS) is 12.0. The molecule has 0 radical (unpaired) electrons. The van der Waals surface area contributed by atoms with E-state index in [2.05, 4.69) is 10.4 Å². The Hall–Kier alpha value is -2.34. The van der Waals surface area contributed by atoms with Gasteiger partial charge in [0.2, 0.25) is 0 Å². The molecule has 2 N–H and O–H groups in total. The highest BCUT2D eigenvalue weighted by Gasteiger charge is 2.11. The van der Waals surface area contributed by atoms with Crippen molar-refractivity contribution in [2.75, 3.05) is 13.2 Å². The zero-order chi connectivity index (χ0) is 15.2. The fourth-order valence-corrected chi connectivity index (χ4v) is 1.81. The number of ether oxygens (including phenoxy) is 1. The average Bonchev–Trinajstić information content (AvgIpc) is 2.89. The monoisotopic (exact) mass is 289 g/mol. The summed E-state index contributed by atoms with van der Waals surface area (Å²) >= 11 is 0. The van der Waals surface area contributed by atoms with Crippen LogP contribution in [-0.2, 0) is 7.05 Å². The van der Waals surface area contributed by atoms with Gasteiger partial charge in [0.15, 0.2) is 0 Å². The van der Waals surface area contributed by atoms with Crippen molar-refractivity contribution in [3.05, 3.63) is 47.8 Å². The molecule has 1 aromatic heterocycles. The number of nitrogens with zero attached hydrogens (tertiary/aromatic N) is 2. The summed E-state index contributed by atoms with van der Waals surface area (Å²) in [6, 6.07) is 7.58.